The fraction of sp³-hybridized carbons (Fsp3) is 0.917. The first-order valence-corrected chi connectivity index (χ1v) is 8.51. The highest BCUT2D eigenvalue weighted by Crippen LogP contribution is 2.17. The summed E-state index contributed by atoms with van der Waals surface area (Å²) in [6.45, 7) is 5.51. The molecule has 0 aromatic heterocycles. The zero-order chi connectivity index (χ0) is 14.5. The maximum absolute atomic E-state index is 11.5. The molecule has 1 fully saturated rings. The normalized spacial score (nSPS) is 21.1. The lowest BCUT2D eigenvalue weighted by Crippen LogP contribution is -2.40. The highest BCUT2D eigenvalue weighted by Gasteiger charge is 2.24. The van der Waals surface area contributed by atoms with Gasteiger partial charge in [0.05, 0.1) is 5.75 Å². The molecule has 0 radical (unpaired) electrons. The first-order chi connectivity index (χ1) is 8.84. The first kappa shape index (κ1) is 16.4. The molecule has 1 saturated heterocycles. The van der Waals surface area contributed by atoms with Crippen molar-refractivity contribution < 1.29 is 18.3 Å². The van der Waals surface area contributed by atoms with Gasteiger partial charge in [0.15, 0.2) is 9.84 Å². The van der Waals surface area contributed by atoms with Crippen molar-refractivity contribution in [2.24, 2.45) is 0 Å². The van der Waals surface area contributed by atoms with E-state index in [-0.39, 0.29) is 5.75 Å². The van der Waals surface area contributed by atoms with Crippen LogP contribution in [0.4, 0.5) is 0 Å². The van der Waals surface area contributed by atoms with Crippen molar-refractivity contribution >= 4 is 15.8 Å². The second kappa shape index (κ2) is 7.21. The summed E-state index contributed by atoms with van der Waals surface area (Å²) >= 11 is 0. The van der Waals surface area contributed by atoms with E-state index in [4.69, 9.17) is 5.11 Å². The Hall–Kier alpha value is -0.660. The monoisotopic (exact) mass is 292 g/mol. The highest BCUT2D eigenvalue weighted by molar-refractivity contribution is 7.92. The minimum Gasteiger partial charge on any atom is -0.480 e. The van der Waals surface area contributed by atoms with Gasteiger partial charge < -0.3 is 10.0 Å². The molecular weight excluding hydrogens is 268 g/mol. The van der Waals surface area contributed by atoms with E-state index in [1.165, 1.54) is 6.42 Å². The molecule has 6 nitrogen and oxygen atoms in total. The summed E-state index contributed by atoms with van der Waals surface area (Å²) in [7, 11) is -1.59. The lowest BCUT2D eigenvalue weighted by Gasteiger charge is -2.27. The van der Waals surface area contributed by atoms with Crippen molar-refractivity contribution in [2.45, 2.75) is 25.8 Å². The Morgan fingerprint density at radius 1 is 1.47 bits per heavy atom. The van der Waals surface area contributed by atoms with Crippen molar-refractivity contribution in [1.29, 1.82) is 0 Å². The SMILES string of the molecule is CCN1CCCC1CN(C)CCS(=O)(=O)CC(=O)O. The molecule has 0 aromatic carbocycles. The van der Waals surface area contributed by atoms with Gasteiger partial charge in [-0.15, -0.1) is 0 Å². The molecule has 0 aromatic rings. The quantitative estimate of drug-likeness (QED) is 0.673. The molecule has 0 amide bonds. The van der Waals surface area contributed by atoms with Crippen LogP contribution in [0.1, 0.15) is 19.8 Å². The number of hydrogen-bond donors (Lipinski definition) is 1. The van der Waals surface area contributed by atoms with Crippen LogP contribution in [0.2, 0.25) is 0 Å². The first-order valence-electron chi connectivity index (χ1n) is 6.69. The van der Waals surface area contributed by atoms with Crippen molar-refractivity contribution in [3.05, 3.63) is 0 Å². The van der Waals surface area contributed by atoms with E-state index in [1.54, 1.807) is 0 Å². The van der Waals surface area contributed by atoms with Crippen LogP contribution in [0.15, 0.2) is 0 Å². The number of carbonyl (C=O) groups is 1. The Kier molecular flexibility index (Phi) is 6.22. The maximum Gasteiger partial charge on any atom is 0.318 e. The van der Waals surface area contributed by atoms with Crippen LogP contribution in [-0.2, 0) is 14.6 Å². The molecule has 7 heteroatoms. The minimum atomic E-state index is -3.48. The standard InChI is InChI=1S/C12H24N2O4S/c1-3-14-6-4-5-11(14)9-13(2)7-8-19(17,18)10-12(15)16/h11H,3-10H2,1-2H3,(H,15,16). The number of nitrogens with zero attached hydrogens (tertiary/aromatic N) is 2. The number of sulfone groups is 1. The summed E-state index contributed by atoms with van der Waals surface area (Å²) in [5.74, 6) is -2.14. The molecule has 1 aliphatic rings. The molecule has 1 unspecified atom stereocenters. The lowest BCUT2D eigenvalue weighted by atomic mass is 10.2. The predicted octanol–water partition coefficient (Wildman–Crippen LogP) is -0.0981. The molecule has 0 saturated carbocycles. The van der Waals surface area contributed by atoms with E-state index >= 15 is 0 Å². The number of aliphatic carboxylic acids is 1. The zero-order valence-corrected chi connectivity index (χ0v) is 12.5. The second-order valence-corrected chi connectivity index (χ2v) is 7.36. The van der Waals surface area contributed by atoms with Crippen LogP contribution in [-0.4, -0.2) is 80.1 Å². The van der Waals surface area contributed by atoms with Gasteiger partial charge in [-0.2, -0.15) is 0 Å². The van der Waals surface area contributed by atoms with Gasteiger partial charge in [0.1, 0.15) is 5.75 Å². The van der Waals surface area contributed by atoms with Gasteiger partial charge in [-0.25, -0.2) is 8.42 Å². The number of carboxylic acid groups (broad SMARTS) is 1. The Balaban J connectivity index is 2.35. The summed E-state index contributed by atoms with van der Waals surface area (Å²) in [6, 6.07) is 0.497. The van der Waals surface area contributed by atoms with Gasteiger partial charge in [0, 0.05) is 19.1 Å². The summed E-state index contributed by atoms with van der Waals surface area (Å²) in [5, 5.41) is 8.51. The molecule has 0 spiro atoms. The molecule has 1 rings (SSSR count). The Morgan fingerprint density at radius 2 is 2.16 bits per heavy atom. The van der Waals surface area contributed by atoms with Gasteiger partial charge in [-0.3, -0.25) is 9.69 Å². The van der Waals surface area contributed by atoms with E-state index < -0.39 is 21.6 Å². The van der Waals surface area contributed by atoms with Gasteiger partial charge in [-0.1, -0.05) is 6.92 Å². The number of hydrogen-bond acceptors (Lipinski definition) is 5. The third kappa shape index (κ3) is 5.88. The topological polar surface area (TPSA) is 77.9 Å². The van der Waals surface area contributed by atoms with Crippen LogP contribution < -0.4 is 0 Å². The lowest BCUT2D eigenvalue weighted by molar-refractivity contribution is -0.134. The van der Waals surface area contributed by atoms with E-state index in [2.05, 4.69) is 11.8 Å². The summed E-state index contributed by atoms with van der Waals surface area (Å²) in [4.78, 5) is 14.8. The van der Waals surface area contributed by atoms with Crippen LogP contribution in [0.3, 0.4) is 0 Å². The van der Waals surface area contributed by atoms with E-state index in [9.17, 15) is 13.2 Å². The zero-order valence-electron chi connectivity index (χ0n) is 11.7. The van der Waals surface area contributed by atoms with Crippen LogP contribution in [0, 0.1) is 0 Å². The Labute approximate surface area is 115 Å². The van der Waals surface area contributed by atoms with Crippen molar-refractivity contribution in [1.82, 2.24) is 9.80 Å². The highest BCUT2D eigenvalue weighted by atomic mass is 32.2. The smallest absolute Gasteiger partial charge is 0.318 e. The Bertz CT molecular complexity index is 397. The third-order valence-electron chi connectivity index (χ3n) is 3.56. The summed E-state index contributed by atoms with van der Waals surface area (Å²) in [5.41, 5.74) is 0. The molecule has 1 N–H and O–H groups in total. The van der Waals surface area contributed by atoms with Gasteiger partial charge in [-0.05, 0) is 33.0 Å². The molecule has 0 aliphatic carbocycles. The van der Waals surface area contributed by atoms with Crippen molar-refractivity contribution in [2.75, 3.05) is 44.7 Å². The molecular formula is C12H24N2O4S. The van der Waals surface area contributed by atoms with Crippen LogP contribution in [0.5, 0.6) is 0 Å². The molecule has 1 heterocycles. The van der Waals surface area contributed by atoms with Gasteiger partial charge in [0.25, 0.3) is 0 Å². The van der Waals surface area contributed by atoms with Gasteiger partial charge >= 0.3 is 5.97 Å². The molecule has 1 atom stereocenters. The van der Waals surface area contributed by atoms with E-state index in [1.807, 2.05) is 11.9 Å². The Morgan fingerprint density at radius 3 is 2.74 bits per heavy atom. The second-order valence-electron chi connectivity index (χ2n) is 5.17. The predicted molar refractivity (Wildman–Crippen MR) is 74.1 cm³/mol. The molecule has 19 heavy (non-hydrogen) atoms. The number of carboxylic acids is 1. The summed E-state index contributed by atoms with van der Waals surface area (Å²) in [6.07, 6.45) is 2.35. The average Bonchev–Trinajstić information content (AvgIpc) is 2.72. The molecule has 1 aliphatic heterocycles. The maximum atomic E-state index is 11.5. The van der Waals surface area contributed by atoms with Crippen molar-refractivity contribution in [3.8, 4) is 0 Å². The fourth-order valence-corrected chi connectivity index (χ4v) is 3.63. The van der Waals surface area contributed by atoms with Crippen molar-refractivity contribution in [3.63, 3.8) is 0 Å². The van der Waals surface area contributed by atoms with E-state index in [0.717, 1.165) is 26.1 Å². The number of likely N-dealkylation sites (N-methyl/N-ethyl adjacent to an activating group) is 2. The minimum absolute atomic E-state index is 0.0886. The van der Waals surface area contributed by atoms with E-state index in [0.29, 0.717) is 12.6 Å². The number of likely N-dealkylation sites (tertiary alicyclic amines) is 1. The molecule has 112 valence electrons. The van der Waals surface area contributed by atoms with Crippen LogP contribution in [0.25, 0.3) is 0 Å². The molecule has 0 bridgehead atoms. The fourth-order valence-electron chi connectivity index (χ4n) is 2.52. The van der Waals surface area contributed by atoms with Gasteiger partial charge in [0.2, 0.25) is 0 Å². The largest absolute Gasteiger partial charge is 0.480 e. The average molecular weight is 292 g/mol. The third-order valence-corrected chi connectivity index (χ3v) is 5.05. The summed E-state index contributed by atoms with van der Waals surface area (Å²) < 4.78 is 23.0. The number of rotatable bonds is 8. The van der Waals surface area contributed by atoms with Crippen LogP contribution >= 0.6 is 0 Å².